The molecule has 0 atom stereocenters. The summed E-state index contributed by atoms with van der Waals surface area (Å²) < 4.78 is 63.0. The standard InChI is InChI=1S/C11H12ClF3N2O2S/c1-10(16)5-17(6-10)20(18,19)9-3-2-7(4-8(9)12)11(13,14)15/h2-4H,5-6,16H2,1H3. The summed E-state index contributed by atoms with van der Waals surface area (Å²) in [5.41, 5.74) is 4.11. The summed E-state index contributed by atoms with van der Waals surface area (Å²) >= 11 is 5.68. The van der Waals surface area contributed by atoms with E-state index in [0.717, 1.165) is 10.4 Å². The van der Waals surface area contributed by atoms with E-state index in [1.54, 1.807) is 6.92 Å². The van der Waals surface area contributed by atoms with Crippen molar-refractivity contribution >= 4 is 21.6 Å². The second-order valence-corrected chi connectivity index (χ2v) is 7.38. The van der Waals surface area contributed by atoms with Gasteiger partial charge in [-0.25, -0.2) is 8.42 Å². The van der Waals surface area contributed by atoms with Crippen molar-refractivity contribution in [3.63, 3.8) is 0 Å². The molecule has 2 N–H and O–H groups in total. The van der Waals surface area contributed by atoms with Gasteiger partial charge in [0, 0.05) is 18.6 Å². The largest absolute Gasteiger partial charge is 0.416 e. The molecule has 1 heterocycles. The molecule has 0 aliphatic carbocycles. The lowest BCUT2D eigenvalue weighted by Gasteiger charge is -2.44. The molecule has 0 spiro atoms. The lowest BCUT2D eigenvalue weighted by Crippen LogP contribution is -2.66. The van der Waals surface area contributed by atoms with E-state index in [4.69, 9.17) is 17.3 Å². The molecule has 1 aliphatic rings. The van der Waals surface area contributed by atoms with Crippen molar-refractivity contribution in [2.75, 3.05) is 13.1 Å². The molecule has 0 aromatic heterocycles. The molecule has 0 amide bonds. The highest BCUT2D eigenvalue weighted by molar-refractivity contribution is 7.89. The molecule has 1 aliphatic heterocycles. The van der Waals surface area contributed by atoms with Crippen LogP contribution in [0.2, 0.25) is 5.02 Å². The van der Waals surface area contributed by atoms with Gasteiger partial charge in [-0.15, -0.1) is 0 Å². The Hall–Kier alpha value is -0.830. The van der Waals surface area contributed by atoms with E-state index in [-0.39, 0.29) is 18.0 Å². The number of sulfonamides is 1. The molecule has 20 heavy (non-hydrogen) atoms. The Morgan fingerprint density at radius 2 is 1.90 bits per heavy atom. The lowest BCUT2D eigenvalue weighted by atomic mass is 9.97. The third-order valence-corrected chi connectivity index (χ3v) is 5.23. The van der Waals surface area contributed by atoms with Crippen LogP contribution in [0, 0.1) is 0 Å². The van der Waals surface area contributed by atoms with Gasteiger partial charge in [0.1, 0.15) is 4.90 Å². The zero-order valence-electron chi connectivity index (χ0n) is 10.4. The first-order chi connectivity index (χ1) is 8.93. The van der Waals surface area contributed by atoms with Gasteiger partial charge >= 0.3 is 6.18 Å². The van der Waals surface area contributed by atoms with E-state index in [9.17, 15) is 21.6 Å². The summed E-state index contributed by atoms with van der Waals surface area (Å²) in [6.07, 6.45) is -4.57. The molecule has 1 aromatic carbocycles. The Morgan fingerprint density at radius 1 is 1.35 bits per heavy atom. The number of hydrogen-bond donors (Lipinski definition) is 1. The number of halogens is 4. The zero-order chi connectivity index (χ0) is 15.3. The van der Waals surface area contributed by atoms with Gasteiger partial charge in [0.15, 0.2) is 0 Å². The highest BCUT2D eigenvalue weighted by atomic mass is 35.5. The molecule has 0 saturated carbocycles. The van der Waals surface area contributed by atoms with Crippen LogP contribution in [0.4, 0.5) is 13.2 Å². The molecule has 0 bridgehead atoms. The van der Waals surface area contributed by atoms with Gasteiger partial charge in [-0.2, -0.15) is 17.5 Å². The smallest absolute Gasteiger partial charge is 0.323 e. The van der Waals surface area contributed by atoms with Gasteiger partial charge in [-0.05, 0) is 25.1 Å². The number of benzene rings is 1. The first-order valence-corrected chi connectivity index (χ1v) is 7.41. The van der Waals surface area contributed by atoms with Crippen LogP contribution in [0.15, 0.2) is 23.1 Å². The van der Waals surface area contributed by atoms with Gasteiger partial charge in [-0.1, -0.05) is 11.6 Å². The molecular weight excluding hydrogens is 317 g/mol. The predicted molar refractivity (Wildman–Crippen MR) is 67.8 cm³/mol. The van der Waals surface area contributed by atoms with Crippen LogP contribution in [-0.4, -0.2) is 31.4 Å². The molecule has 4 nitrogen and oxygen atoms in total. The van der Waals surface area contributed by atoms with Crippen LogP contribution >= 0.6 is 11.6 Å². The molecule has 0 radical (unpaired) electrons. The number of rotatable bonds is 2. The maximum atomic E-state index is 12.5. The fourth-order valence-corrected chi connectivity index (χ4v) is 4.18. The number of nitrogens with two attached hydrogens (primary N) is 1. The first kappa shape index (κ1) is 15.6. The van der Waals surface area contributed by atoms with Crippen molar-refractivity contribution in [2.24, 2.45) is 5.73 Å². The minimum absolute atomic E-state index is 0.104. The number of hydrogen-bond acceptors (Lipinski definition) is 3. The van der Waals surface area contributed by atoms with Crippen molar-refractivity contribution in [1.82, 2.24) is 4.31 Å². The molecule has 112 valence electrons. The van der Waals surface area contributed by atoms with Gasteiger partial charge < -0.3 is 5.73 Å². The second kappa shape index (κ2) is 4.59. The summed E-state index contributed by atoms with van der Waals surface area (Å²) in [5, 5.41) is -0.453. The van der Waals surface area contributed by atoms with Gasteiger partial charge in [-0.3, -0.25) is 0 Å². The average Bonchev–Trinajstić information content (AvgIpc) is 2.24. The summed E-state index contributed by atoms with van der Waals surface area (Å²) in [4.78, 5) is -0.345. The molecule has 1 fully saturated rings. The molecule has 1 saturated heterocycles. The van der Waals surface area contributed by atoms with Crippen molar-refractivity contribution in [2.45, 2.75) is 23.5 Å². The Kier molecular flexibility index (Phi) is 3.57. The van der Waals surface area contributed by atoms with E-state index < -0.39 is 32.3 Å². The summed E-state index contributed by atoms with van der Waals surface area (Å²) in [6, 6.07) is 2.17. The molecule has 9 heteroatoms. The van der Waals surface area contributed by atoms with E-state index in [2.05, 4.69) is 0 Å². The summed E-state index contributed by atoms with van der Waals surface area (Å²) in [6.45, 7) is 1.90. The van der Waals surface area contributed by atoms with Crippen LogP contribution < -0.4 is 5.73 Å². The fraction of sp³-hybridized carbons (Fsp3) is 0.455. The van der Waals surface area contributed by atoms with Gasteiger partial charge in [0.05, 0.1) is 10.6 Å². The third kappa shape index (κ3) is 2.78. The summed E-state index contributed by atoms with van der Waals surface area (Å²) in [7, 11) is -3.91. The maximum Gasteiger partial charge on any atom is 0.416 e. The highest BCUT2D eigenvalue weighted by Crippen LogP contribution is 2.35. The second-order valence-electron chi connectivity index (χ2n) is 5.07. The number of nitrogens with zero attached hydrogens (tertiary/aromatic N) is 1. The lowest BCUT2D eigenvalue weighted by molar-refractivity contribution is -0.137. The minimum atomic E-state index is -4.57. The van der Waals surface area contributed by atoms with Crippen LogP contribution in [0.25, 0.3) is 0 Å². The van der Waals surface area contributed by atoms with Crippen molar-refractivity contribution in [1.29, 1.82) is 0 Å². The first-order valence-electron chi connectivity index (χ1n) is 5.59. The van der Waals surface area contributed by atoms with Crippen LogP contribution in [0.3, 0.4) is 0 Å². The van der Waals surface area contributed by atoms with Crippen molar-refractivity contribution in [3.8, 4) is 0 Å². The minimum Gasteiger partial charge on any atom is -0.323 e. The van der Waals surface area contributed by atoms with E-state index in [1.165, 1.54) is 0 Å². The molecule has 0 unspecified atom stereocenters. The third-order valence-electron chi connectivity index (χ3n) is 2.95. The normalized spacial score (nSPS) is 19.7. The Labute approximate surface area is 119 Å². The van der Waals surface area contributed by atoms with E-state index in [0.29, 0.717) is 12.1 Å². The Bertz CT molecular complexity index is 636. The molecule has 1 aromatic rings. The highest BCUT2D eigenvalue weighted by Gasteiger charge is 2.43. The van der Waals surface area contributed by atoms with Crippen molar-refractivity contribution in [3.05, 3.63) is 28.8 Å². The number of alkyl halides is 3. The quantitative estimate of drug-likeness (QED) is 0.904. The predicted octanol–water partition coefficient (Wildman–Crippen LogP) is 2.08. The molecule has 2 rings (SSSR count). The van der Waals surface area contributed by atoms with Crippen molar-refractivity contribution < 1.29 is 21.6 Å². The van der Waals surface area contributed by atoms with E-state index in [1.807, 2.05) is 0 Å². The molecular formula is C11H12ClF3N2O2S. The monoisotopic (exact) mass is 328 g/mol. The Balaban J connectivity index is 2.35. The van der Waals surface area contributed by atoms with Gasteiger partial charge in [0.2, 0.25) is 10.0 Å². The van der Waals surface area contributed by atoms with Crippen LogP contribution in [0.1, 0.15) is 12.5 Å². The van der Waals surface area contributed by atoms with Crippen LogP contribution in [-0.2, 0) is 16.2 Å². The fourth-order valence-electron chi connectivity index (χ4n) is 1.95. The van der Waals surface area contributed by atoms with E-state index >= 15 is 0 Å². The SMILES string of the molecule is CC1(N)CN(S(=O)(=O)c2ccc(C(F)(F)F)cc2Cl)C1. The topological polar surface area (TPSA) is 63.4 Å². The van der Waals surface area contributed by atoms with Gasteiger partial charge in [0.25, 0.3) is 0 Å². The zero-order valence-corrected chi connectivity index (χ0v) is 12.0. The van der Waals surface area contributed by atoms with Crippen LogP contribution in [0.5, 0.6) is 0 Å². The average molecular weight is 329 g/mol. The Morgan fingerprint density at radius 3 is 2.30 bits per heavy atom. The maximum absolute atomic E-state index is 12.5. The summed E-state index contributed by atoms with van der Waals surface area (Å²) in [5.74, 6) is 0.